The summed E-state index contributed by atoms with van der Waals surface area (Å²) in [5.41, 5.74) is 1.51. The molecule has 26 heavy (non-hydrogen) atoms. The zero-order chi connectivity index (χ0) is 18.4. The van der Waals surface area contributed by atoms with Crippen molar-refractivity contribution in [2.75, 3.05) is 6.54 Å². The molecule has 1 aromatic heterocycles. The van der Waals surface area contributed by atoms with Crippen LogP contribution < -0.4 is 5.32 Å². The highest BCUT2D eigenvalue weighted by Gasteiger charge is 2.21. The van der Waals surface area contributed by atoms with Crippen molar-refractivity contribution in [1.82, 2.24) is 15.5 Å². The highest BCUT2D eigenvalue weighted by atomic mass is 16.5. The van der Waals surface area contributed by atoms with Crippen molar-refractivity contribution in [2.24, 2.45) is 11.8 Å². The topological polar surface area (TPSA) is 68.0 Å². The maximum atomic E-state index is 12.4. The van der Waals surface area contributed by atoms with Crippen molar-refractivity contribution in [1.29, 1.82) is 0 Å². The van der Waals surface area contributed by atoms with Gasteiger partial charge in [0, 0.05) is 24.1 Å². The van der Waals surface area contributed by atoms with Crippen molar-refractivity contribution < 1.29 is 9.32 Å². The molecule has 2 atom stereocenters. The molecule has 0 radical (unpaired) electrons. The van der Waals surface area contributed by atoms with Gasteiger partial charge in [0.25, 0.3) is 11.8 Å². The molecular weight excluding hydrogens is 326 g/mol. The molecule has 1 fully saturated rings. The molecule has 2 aromatic rings. The van der Waals surface area contributed by atoms with Gasteiger partial charge >= 0.3 is 0 Å². The Kier molecular flexibility index (Phi) is 6.42. The first-order valence-corrected chi connectivity index (χ1v) is 9.88. The molecule has 1 amide bonds. The summed E-state index contributed by atoms with van der Waals surface area (Å²) in [5.74, 6) is 2.55. The quantitative estimate of drug-likeness (QED) is 0.786. The van der Waals surface area contributed by atoms with Crippen molar-refractivity contribution >= 4 is 5.91 Å². The number of benzene rings is 1. The molecule has 1 heterocycles. The summed E-state index contributed by atoms with van der Waals surface area (Å²) < 4.78 is 5.33. The van der Waals surface area contributed by atoms with Crippen LogP contribution >= 0.6 is 0 Å². The Balaban J connectivity index is 1.56. The molecule has 0 spiro atoms. The van der Waals surface area contributed by atoms with E-state index < -0.39 is 0 Å². The smallest absolute Gasteiger partial charge is 0.257 e. The number of unbranched alkanes of at least 4 members (excludes halogenated alkanes) is 1. The largest absolute Gasteiger partial charge is 0.352 e. The van der Waals surface area contributed by atoms with E-state index in [9.17, 15) is 4.79 Å². The highest BCUT2D eigenvalue weighted by molar-refractivity contribution is 5.94. The minimum atomic E-state index is -0.0107. The number of aryl methyl sites for hydroxylation is 1. The molecule has 0 aliphatic heterocycles. The summed E-state index contributed by atoms with van der Waals surface area (Å²) in [6.07, 6.45) is 8.09. The second kappa shape index (κ2) is 8.97. The van der Waals surface area contributed by atoms with Crippen LogP contribution in [0.3, 0.4) is 0 Å². The van der Waals surface area contributed by atoms with Gasteiger partial charge < -0.3 is 9.84 Å². The molecule has 140 valence electrons. The van der Waals surface area contributed by atoms with E-state index in [4.69, 9.17) is 4.52 Å². The molecule has 1 aliphatic carbocycles. The zero-order valence-corrected chi connectivity index (χ0v) is 15.8. The summed E-state index contributed by atoms with van der Waals surface area (Å²) in [7, 11) is 0. The van der Waals surface area contributed by atoms with Gasteiger partial charge in [0.1, 0.15) is 0 Å². The predicted molar refractivity (Wildman–Crippen MR) is 102 cm³/mol. The Bertz CT molecular complexity index is 708. The van der Waals surface area contributed by atoms with E-state index in [1.54, 1.807) is 0 Å². The van der Waals surface area contributed by atoms with Crippen LogP contribution in [0.2, 0.25) is 0 Å². The third-order valence-electron chi connectivity index (χ3n) is 5.43. The molecule has 3 rings (SSSR count). The van der Waals surface area contributed by atoms with E-state index in [2.05, 4.69) is 29.3 Å². The maximum Gasteiger partial charge on any atom is 0.257 e. The fourth-order valence-electron chi connectivity index (χ4n) is 3.59. The van der Waals surface area contributed by atoms with Gasteiger partial charge in [0.15, 0.2) is 5.82 Å². The average molecular weight is 355 g/mol. The van der Waals surface area contributed by atoms with Gasteiger partial charge in [-0.15, -0.1) is 0 Å². The van der Waals surface area contributed by atoms with Crippen LogP contribution in [0.1, 0.15) is 68.6 Å². The van der Waals surface area contributed by atoms with Crippen LogP contribution in [0.5, 0.6) is 0 Å². The number of carbonyl (C=O) groups excluding carboxylic acids is 1. The fourth-order valence-corrected chi connectivity index (χ4v) is 3.59. The molecule has 1 aromatic carbocycles. The molecule has 1 saturated carbocycles. The zero-order valence-electron chi connectivity index (χ0n) is 15.8. The van der Waals surface area contributed by atoms with Crippen LogP contribution in [0.4, 0.5) is 0 Å². The summed E-state index contributed by atoms with van der Waals surface area (Å²) in [6, 6.07) is 7.39. The van der Waals surface area contributed by atoms with Gasteiger partial charge in [-0.2, -0.15) is 4.98 Å². The normalized spacial score (nSPS) is 20.1. The molecule has 2 unspecified atom stereocenters. The van der Waals surface area contributed by atoms with Crippen LogP contribution in [-0.2, 0) is 6.42 Å². The summed E-state index contributed by atoms with van der Waals surface area (Å²) in [5, 5.41) is 7.11. The average Bonchev–Trinajstić information content (AvgIpc) is 3.14. The van der Waals surface area contributed by atoms with Crippen molar-refractivity contribution in [3.63, 3.8) is 0 Å². The third kappa shape index (κ3) is 4.71. The predicted octanol–water partition coefficient (Wildman–Crippen LogP) is 4.64. The third-order valence-corrected chi connectivity index (χ3v) is 5.43. The lowest BCUT2D eigenvalue weighted by atomic mass is 9.80. The number of nitrogens with one attached hydrogen (secondary N) is 1. The number of hydrogen-bond acceptors (Lipinski definition) is 4. The van der Waals surface area contributed by atoms with Crippen LogP contribution in [0.15, 0.2) is 28.8 Å². The van der Waals surface area contributed by atoms with Gasteiger partial charge in [-0.05, 0) is 48.9 Å². The Hall–Kier alpha value is -2.17. The lowest BCUT2D eigenvalue weighted by Gasteiger charge is -2.28. The van der Waals surface area contributed by atoms with E-state index in [0.717, 1.165) is 37.2 Å². The number of nitrogens with zero attached hydrogens (tertiary/aromatic N) is 2. The molecule has 1 N–H and O–H groups in total. The lowest BCUT2D eigenvalue weighted by Crippen LogP contribution is -2.33. The van der Waals surface area contributed by atoms with Gasteiger partial charge in [-0.1, -0.05) is 44.7 Å². The van der Waals surface area contributed by atoms with Gasteiger partial charge in [-0.3, -0.25) is 4.79 Å². The van der Waals surface area contributed by atoms with Crippen LogP contribution in [-0.4, -0.2) is 22.6 Å². The van der Waals surface area contributed by atoms with Gasteiger partial charge in [0.05, 0.1) is 0 Å². The van der Waals surface area contributed by atoms with Crippen LogP contribution in [0.25, 0.3) is 11.5 Å². The van der Waals surface area contributed by atoms with Gasteiger partial charge in [-0.25, -0.2) is 0 Å². The van der Waals surface area contributed by atoms with Crippen LogP contribution in [0, 0.1) is 11.8 Å². The Morgan fingerprint density at radius 1 is 1.23 bits per heavy atom. The first-order valence-electron chi connectivity index (χ1n) is 9.88. The van der Waals surface area contributed by atoms with E-state index >= 15 is 0 Å². The molecule has 0 saturated heterocycles. The van der Waals surface area contributed by atoms with Gasteiger partial charge in [0.2, 0.25) is 0 Å². The fraction of sp³-hybridized carbons (Fsp3) is 0.571. The molecule has 5 heteroatoms. The van der Waals surface area contributed by atoms with Crippen molar-refractivity contribution in [2.45, 2.75) is 58.8 Å². The number of rotatable bonds is 7. The number of carbonyl (C=O) groups is 1. The van der Waals surface area contributed by atoms with E-state index in [-0.39, 0.29) is 5.91 Å². The maximum absolute atomic E-state index is 12.4. The minimum absolute atomic E-state index is 0.0107. The van der Waals surface area contributed by atoms with Crippen molar-refractivity contribution in [3.05, 3.63) is 35.7 Å². The monoisotopic (exact) mass is 355 g/mol. The van der Waals surface area contributed by atoms with E-state index in [0.29, 0.717) is 23.3 Å². The number of hydrogen-bond donors (Lipinski definition) is 1. The Labute approximate surface area is 155 Å². The molecule has 5 nitrogen and oxygen atoms in total. The van der Waals surface area contributed by atoms with Crippen molar-refractivity contribution in [3.8, 4) is 11.5 Å². The second-order valence-corrected chi connectivity index (χ2v) is 7.43. The van der Waals surface area contributed by atoms with E-state index in [1.165, 1.54) is 25.7 Å². The van der Waals surface area contributed by atoms with E-state index in [1.807, 2.05) is 24.3 Å². The second-order valence-electron chi connectivity index (χ2n) is 7.43. The standard InChI is InChI=1S/C21H29N3O2/c1-3-4-9-19-23-21(26-24-19)17-12-10-16(11-13-17)20(25)22-14-18-8-6-5-7-15(18)2/h10-13,15,18H,3-9,14H2,1-2H3,(H,22,25). The summed E-state index contributed by atoms with van der Waals surface area (Å²) >= 11 is 0. The highest BCUT2D eigenvalue weighted by Crippen LogP contribution is 2.29. The summed E-state index contributed by atoms with van der Waals surface area (Å²) in [6.45, 7) is 5.20. The number of amides is 1. The SMILES string of the molecule is CCCCc1noc(-c2ccc(C(=O)NCC3CCCCC3C)cc2)n1. The Morgan fingerprint density at radius 3 is 2.73 bits per heavy atom. The lowest BCUT2D eigenvalue weighted by molar-refractivity contribution is 0.0936. The first kappa shape index (κ1) is 18.6. The first-order chi connectivity index (χ1) is 12.7. The number of aromatic nitrogens is 2. The Morgan fingerprint density at radius 2 is 2.00 bits per heavy atom. The molecule has 0 bridgehead atoms. The molecular formula is C21H29N3O2. The summed E-state index contributed by atoms with van der Waals surface area (Å²) in [4.78, 5) is 16.8. The minimum Gasteiger partial charge on any atom is -0.352 e. The molecule has 1 aliphatic rings.